The molecule has 0 aliphatic heterocycles. The summed E-state index contributed by atoms with van der Waals surface area (Å²) in [6, 6.07) is 5.82. The van der Waals surface area contributed by atoms with Crippen molar-refractivity contribution in [3.8, 4) is 23.1 Å². The Hall–Kier alpha value is -2.33. The largest absolute Gasteiger partial charge is 0.494 e. The van der Waals surface area contributed by atoms with Gasteiger partial charge in [-0.1, -0.05) is 11.8 Å². The summed E-state index contributed by atoms with van der Waals surface area (Å²) in [5.41, 5.74) is -0.225. The number of ether oxygens (including phenoxy) is 1. The highest BCUT2D eigenvalue weighted by molar-refractivity contribution is 7.98. The van der Waals surface area contributed by atoms with Crippen molar-refractivity contribution in [1.82, 2.24) is 9.97 Å². The van der Waals surface area contributed by atoms with E-state index >= 15 is 0 Å². The van der Waals surface area contributed by atoms with Crippen molar-refractivity contribution in [2.75, 3.05) is 12.9 Å². The summed E-state index contributed by atoms with van der Waals surface area (Å²) in [6.45, 7) is 2.16. The van der Waals surface area contributed by atoms with Crippen molar-refractivity contribution in [3.63, 3.8) is 0 Å². The van der Waals surface area contributed by atoms with Gasteiger partial charge in [0.1, 0.15) is 23.2 Å². The molecule has 7 heteroatoms. The second-order valence-electron chi connectivity index (χ2n) is 4.02. The van der Waals surface area contributed by atoms with Gasteiger partial charge in [-0.25, -0.2) is 9.37 Å². The van der Waals surface area contributed by atoms with Gasteiger partial charge in [0.25, 0.3) is 5.56 Å². The molecule has 1 aromatic carbocycles. The molecule has 0 spiro atoms. The first-order chi connectivity index (χ1) is 10.1. The number of thioether (sulfide) groups is 1. The molecular weight excluding hydrogens is 293 g/mol. The zero-order valence-corrected chi connectivity index (χ0v) is 12.3. The molecule has 21 heavy (non-hydrogen) atoms. The standard InChI is InChI=1S/C14H12FN3O2S/c1-3-20-10-5-8(4-9(15)6-10)12-11(7-16)13(19)18-14(17-12)21-2/h4-6H,3H2,1-2H3,(H,17,18,19). The molecule has 0 atom stereocenters. The summed E-state index contributed by atoms with van der Waals surface area (Å²) >= 11 is 1.23. The van der Waals surface area contributed by atoms with Crippen LogP contribution in [0.15, 0.2) is 28.2 Å². The molecule has 1 N–H and O–H groups in total. The average molecular weight is 305 g/mol. The minimum Gasteiger partial charge on any atom is -0.494 e. The monoisotopic (exact) mass is 305 g/mol. The number of aromatic nitrogens is 2. The number of rotatable bonds is 4. The van der Waals surface area contributed by atoms with Crippen LogP contribution in [0.5, 0.6) is 5.75 Å². The van der Waals surface area contributed by atoms with Crippen LogP contribution < -0.4 is 10.3 Å². The third-order valence-electron chi connectivity index (χ3n) is 2.66. The van der Waals surface area contributed by atoms with Gasteiger partial charge in [-0.2, -0.15) is 5.26 Å². The van der Waals surface area contributed by atoms with Crippen LogP contribution in [0.3, 0.4) is 0 Å². The maximum Gasteiger partial charge on any atom is 0.270 e. The van der Waals surface area contributed by atoms with Gasteiger partial charge in [0.15, 0.2) is 5.16 Å². The molecular formula is C14H12FN3O2S. The summed E-state index contributed by atoms with van der Waals surface area (Å²) in [5, 5.41) is 9.48. The lowest BCUT2D eigenvalue weighted by molar-refractivity contribution is 0.338. The lowest BCUT2D eigenvalue weighted by atomic mass is 10.1. The normalized spacial score (nSPS) is 10.2. The SMILES string of the molecule is CCOc1cc(F)cc(-c2nc(SC)[nH]c(=O)c2C#N)c1. The molecule has 0 aliphatic carbocycles. The zero-order chi connectivity index (χ0) is 15.4. The van der Waals surface area contributed by atoms with Gasteiger partial charge in [-0.05, 0) is 25.3 Å². The summed E-state index contributed by atoms with van der Waals surface area (Å²) in [7, 11) is 0. The van der Waals surface area contributed by atoms with Crippen molar-refractivity contribution in [1.29, 1.82) is 5.26 Å². The second kappa shape index (κ2) is 6.41. The van der Waals surface area contributed by atoms with Crippen molar-refractivity contribution in [2.45, 2.75) is 12.1 Å². The van der Waals surface area contributed by atoms with Crippen LogP contribution in [0.25, 0.3) is 11.3 Å². The van der Waals surface area contributed by atoms with E-state index in [1.165, 1.54) is 23.9 Å². The van der Waals surface area contributed by atoms with Crippen molar-refractivity contribution < 1.29 is 9.13 Å². The maximum atomic E-state index is 13.7. The number of hydrogen-bond donors (Lipinski definition) is 1. The van der Waals surface area contributed by atoms with E-state index in [1.54, 1.807) is 25.3 Å². The smallest absolute Gasteiger partial charge is 0.270 e. The zero-order valence-electron chi connectivity index (χ0n) is 11.4. The molecule has 2 aromatic rings. The van der Waals surface area contributed by atoms with E-state index < -0.39 is 11.4 Å². The van der Waals surface area contributed by atoms with Gasteiger partial charge in [-0.15, -0.1) is 0 Å². The number of benzene rings is 1. The molecule has 0 aliphatic rings. The van der Waals surface area contributed by atoms with Crippen LogP contribution in [0.4, 0.5) is 4.39 Å². The van der Waals surface area contributed by atoms with Gasteiger partial charge in [-0.3, -0.25) is 4.79 Å². The highest BCUT2D eigenvalue weighted by Crippen LogP contribution is 2.26. The average Bonchev–Trinajstić information content (AvgIpc) is 2.46. The van der Waals surface area contributed by atoms with Crippen LogP contribution >= 0.6 is 11.8 Å². The van der Waals surface area contributed by atoms with E-state index in [4.69, 9.17) is 10.00 Å². The fraction of sp³-hybridized carbons (Fsp3) is 0.214. The Morgan fingerprint density at radius 2 is 2.24 bits per heavy atom. The number of nitrogens with zero attached hydrogens (tertiary/aromatic N) is 2. The van der Waals surface area contributed by atoms with Crippen LogP contribution in [-0.2, 0) is 0 Å². The number of H-pyrrole nitrogens is 1. The number of nitriles is 1. The van der Waals surface area contributed by atoms with Gasteiger partial charge in [0.2, 0.25) is 0 Å². The van der Waals surface area contributed by atoms with Crippen LogP contribution in [0.1, 0.15) is 12.5 Å². The number of aromatic amines is 1. The third-order valence-corrected chi connectivity index (χ3v) is 3.24. The Balaban J connectivity index is 2.68. The fourth-order valence-corrected chi connectivity index (χ4v) is 2.19. The first-order valence-electron chi connectivity index (χ1n) is 6.11. The van der Waals surface area contributed by atoms with E-state index in [9.17, 15) is 9.18 Å². The molecule has 0 radical (unpaired) electrons. The molecule has 108 valence electrons. The minimum absolute atomic E-state index is 0.144. The van der Waals surface area contributed by atoms with Gasteiger partial charge in [0.05, 0.1) is 12.3 Å². The van der Waals surface area contributed by atoms with Crippen LogP contribution in [0.2, 0.25) is 0 Å². The Morgan fingerprint density at radius 1 is 1.48 bits per heavy atom. The number of hydrogen-bond acceptors (Lipinski definition) is 5. The van der Waals surface area contributed by atoms with E-state index in [-0.39, 0.29) is 11.3 Å². The van der Waals surface area contributed by atoms with E-state index in [1.807, 2.05) is 0 Å². The Morgan fingerprint density at radius 3 is 2.86 bits per heavy atom. The predicted molar refractivity (Wildman–Crippen MR) is 77.9 cm³/mol. The summed E-state index contributed by atoms with van der Waals surface area (Å²) < 4.78 is 18.9. The molecule has 1 aromatic heterocycles. The first kappa shape index (κ1) is 15.1. The van der Waals surface area contributed by atoms with Gasteiger partial charge >= 0.3 is 0 Å². The summed E-state index contributed by atoms with van der Waals surface area (Å²) in [4.78, 5) is 18.6. The van der Waals surface area contributed by atoms with E-state index in [0.717, 1.165) is 0 Å². The molecule has 0 unspecified atom stereocenters. The lowest BCUT2D eigenvalue weighted by Crippen LogP contribution is -2.14. The van der Waals surface area contributed by atoms with Crippen molar-refractivity contribution in [2.24, 2.45) is 0 Å². The van der Waals surface area contributed by atoms with E-state index in [2.05, 4.69) is 9.97 Å². The minimum atomic E-state index is -0.547. The molecule has 0 bridgehead atoms. The predicted octanol–water partition coefficient (Wildman–Crippen LogP) is 2.57. The highest BCUT2D eigenvalue weighted by atomic mass is 32.2. The topological polar surface area (TPSA) is 78.8 Å². The summed E-state index contributed by atoms with van der Waals surface area (Å²) in [6.07, 6.45) is 1.74. The molecule has 0 fully saturated rings. The number of nitrogens with one attached hydrogen (secondary N) is 1. The number of halogens is 1. The quantitative estimate of drug-likeness (QED) is 0.694. The Labute approximate surface area is 124 Å². The molecule has 0 saturated carbocycles. The molecule has 0 amide bonds. The van der Waals surface area contributed by atoms with Gasteiger partial charge < -0.3 is 9.72 Å². The van der Waals surface area contributed by atoms with E-state index in [0.29, 0.717) is 23.1 Å². The Bertz CT molecular complexity index is 768. The highest BCUT2D eigenvalue weighted by Gasteiger charge is 2.15. The molecule has 0 saturated heterocycles. The lowest BCUT2D eigenvalue weighted by Gasteiger charge is -2.08. The first-order valence-corrected chi connectivity index (χ1v) is 7.33. The van der Waals surface area contributed by atoms with Crippen LogP contribution in [0, 0.1) is 17.1 Å². The second-order valence-corrected chi connectivity index (χ2v) is 4.81. The molecule has 5 nitrogen and oxygen atoms in total. The molecule has 2 rings (SSSR count). The van der Waals surface area contributed by atoms with Crippen molar-refractivity contribution >= 4 is 11.8 Å². The summed E-state index contributed by atoms with van der Waals surface area (Å²) in [5.74, 6) is -0.197. The fourth-order valence-electron chi connectivity index (χ4n) is 1.81. The Kier molecular flexibility index (Phi) is 4.60. The van der Waals surface area contributed by atoms with Gasteiger partial charge in [0, 0.05) is 11.6 Å². The molecule has 1 heterocycles. The van der Waals surface area contributed by atoms with Crippen LogP contribution in [-0.4, -0.2) is 22.8 Å². The van der Waals surface area contributed by atoms with Crippen molar-refractivity contribution in [3.05, 3.63) is 39.9 Å². The maximum absolute atomic E-state index is 13.7. The third kappa shape index (κ3) is 3.23.